The van der Waals surface area contributed by atoms with E-state index in [0.717, 1.165) is 38.0 Å². The maximum Gasteiger partial charge on any atom is 0.179 e. The van der Waals surface area contributed by atoms with Crippen LogP contribution in [0.3, 0.4) is 0 Å². The van der Waals surface area contributed by atoms with Crippen LogP contribution in [0.25, 0.3) is 22.0 Å². The van der Waals surface area contributed by atoms with Crippen molar-refractivity contribution in [2.45, 2.75) is 32.2 Å². The van der Waals surface area contributed by atoms with Crippen molar-refractivity contribution in [3.8, 4) is 11.1 Å². The molecule has 0 fully saturated rings. The Hall–Kier alpha value is -2.39. The van der Waals surface area contributed by atoms with E-state index >= 15 is 0 Å². The van der Waals surface area contributed by atoms with E-state index in [4.69, 9.17) is 0 Å². The van der Waals surface area contributed by atoms with E-state index in [-0.39, 0.29) is 0 Å². The van der Waals surface area contributed by atoms with Crippen molar-refractivity contribution < 1.29 is 4.79 Å². The van der Waals surface area contributed by atoms with Crippen molar-refractivity contribution in [3.05, 3.63) is 58.8 Å². The molecule has 1 aromatic heterocycles. The molecular weight excluding hydrogens is 308 g/mol. The fourth-order valence-corrected chi connectivity index (χ4v) is 4.64. The first kappa shape index (κ1) is 14.9. The highest BCUT2D eigenvalue weighted by molar-refractivity contribution is 6.04. The van der Waals surface area contributed by atoms with Gasteiger partial charge in [0.25, 0.3) is 0 Å². The Balaban J connectivity index is 1.73. The smallest absolute Gasteiger partial charge is 0.179 e. The van der Waals surface area contributed by atoms with Crippen LogP contribution in [0.1, 0.15) is 40.0 Å². The minimum absolute atomic E-state index is 0.296. The Bertz CT molecular complexity index is 1010. The number of carbonyl (C=O) groups is 1. The van der Waals surface area contributed by atoms with E-state index in [9.17, 15) is 4.79 Å². The summed E-state index contributed by atoms with van der Waals surface area (Å²) in [7, 11) is 2.03. The van der Waals surface area contributed by atoms with Gasteiger partial charge >= 0.3 is 0 Å². The number of rotatable bonds is 1. The lowest BCUT2D eigenvalue weighted by Crippen LogP contribution is -2.23. The predicted octanol–water partition coefficient (Wildman–Crippen LogP) is 4.01. The highest BCUT2D eigenvalue weighted by atomic mass is 16.1. The summed E-state index contributed by atoms with van der Waals surface area (Å²) in [5.41, 5.74) is 8.86. The molecule has 0 saturated heterocycles. The summed E-state index contributed by atoms with van der Waals surface area (Å²) in [6.45, 7) is 2.00. The number of aryl methyl sites for hydroxylation is 2. The maximum atomic E-state index is 12.4. The van der Waals surface area contributed by atoms with Gasteiger partial charge in [-0.15, -0.1) is 0 Å². The quantitative estimate of drug-likeness (QED) is 0.731. The van der Waals surface area contributed by atoms with Crippen LogP contribution in [0.4, 0.5) is 0 Å². The third-order valence-corrected chi connectivity index (χ3v) is 5.85. The fourth-order valence-electron chi connectivity index (χ4n) is 4.64. The number of hydrogen-bond acceptors (Lipinski definition) is 2. The number of nitrogens with zero attached hydrogens (tertiary/aromatic N) is 1. The lowest BCUT2D eigenvalue weighted by Gasteiger charge is -2.20. The van der Waals surface area contributed by atoms with Crippen molar-refractivity contribution in [2.24, 2.45) is 7.05 Å². The molecule has 2 aliphatic rings. The van der Waals surface area contributed by atoms with Gasteiger partial charge < -0.3 is 9.88 Å². The molecule has 2 heterocycles. The van der Waals surface area contributed by atoms with Crippen LogP contribution in [-0.2, 0) is 26.4 Å². The van der Waals surface area contributed by atoms with E-state index in [0.29, 0.717) is 12.2 Å². The summed E-state index contributed by atoms with van der Waals surface area (Å²) in [5, 5.41) is 4.72. The lowest BCUT2D eigenvalue weighted by molar-refractivity contribution is 0.0965. The molecule has 3 aromatic rings. The van der Waals surface area contributed by atoms with Crippen LogP contribution in [0, 0.1) is 0 Å². The van der Waals surface area contributed by atoms with Crippen molar-refractivity contribution in [1.29, 1.82) is 0 Å². The van der Waals surface area contributed by atoms with Crippen molar-refractivity contribution >= 4 is 16.7 Å². The Labute approximate surface area is 147 Å². The van der Waals surface area contributed by atoms with E-state index in [1.165, 1.54) is 38.7 Å². The van der Waals surface area contributed by atoms with Crippen LogP contribution in [0.2, 0.25) is 0 Å². The van der Waals surface area contributed by atoms with Crippen molar-refractivity contribution in [1.82, 2.24) is 9.88 Å². The van der Waals surface area contributed by atoms with Gasteiger partial charge in [-0.3, -0.25) is 4.79 Å². The molecular formula is C22H22N2O. The van der Waals surface area contributed by atoms with Crippen LogP contribution >= 0.6 is 0 Å². The zero-order chi connectivity index (χ0) is 17.0. The van der Waals surface area contributed by atoms with Crippen LogP contribution < -0.4 is 5.32 Å². The number of aromatic nitrogens is 1. The van der Waals surface area contributed by atoms with Crippen LogP contribution in [-0.4, -0.2) is 16.9 Å². The Morgan fingerprint density at radius 3 is 2.88 bits per heavy atom. The molecule has 1 aliphatic carbocycles. The summed E-state index contributed by atoms with van der Waals surface area (Å²) < 4.78 is 2.10. The average molecular weight is 330 g/mol. The van der Waals surface area contributed by atoms with Gasteiger partial charge in [0.2, 0.25) is 0 Å². The standard InChI is InChI=1S/C22H22N2O/c1-24-20-9-8-14(12-19(20)18-6-3-7-21(25)22(18)24)16-5-2-4-15-13-23-11-10-17(15)16/h2,4-5,8-9,12,23H,3,6-7,10-11,13H2,1H3. The minimum atomic E-state index is 0.296. The monoisotopic (exact) mass is 330 g/mol. The third kappa shape index (κ3) is 2.19. The summed E-state index contributed by atoms with van der Waals surface area (Å²) in [6, 6.07) is 13.4. The van der Waals surface area contributed by atoms with Crippen molar-refractivity contribution in [3.63, 3.8) is 0 Å². The van der Waals surface area contributed by atoms with Gasteiger partial charge in [-0.2, -0.15) is 0 Å². The summed E-state index contributed by atoms with van der Waals surface area (Å²) in [6.07, 6.45) is 3.75. The third-order valence-electron chi connectivity index (χ3n) is 5.85. The van der Waals surface area contributed by atoms with E-state index in [1.54, 1.807) is 0 Å². The molecule has 2 aromatic carbocycles. The zero-order valence-corrected chi connectivity index (χ0v) is 14.6. The number of benzene rings is 2. The molecule has 0 amide bonds. The number of ketones is 1. The molecule has 0 spiro atoms. The Morgan fingerprint density at radius 1 is 1.04 bits per heavy atom. The van der Waals surface area contributed by atoms with Crippen LogP contribution in [0.5, 0.6) is 0 Å². The van der Waals surface area contributed by atoms with E-state index < -0.39 is 0 Å². The van der Waals surface area contributed by atoms with E-state index in [2.05, 4.69) is 46.3 Å². The van der Waals surface area contributed by atoms with Gasteiger partial charge in [0.05, 0.1) is 5.69 Å². The van der Waals surface area contributed by atoms with Gasteiger partial charge in [0, 0.05) is 30.9 Å². The average Bonchev–Trinajstić information content (AvgIpc) is 2.94. The Kier molecular flexibility index (Phi) is 3.32. The van der Waals surface area contributed by atoms with Gasteiger partial charge in [-0.1, -0.05) is 24.3 Å². The second-order valence-corrected chi connectivity index (χ2v) is 7.26. The lowest BCUT2D eigenvalue weighted by atomic mass is 9.89. The molecule has 1 aliphatic heterocycles. The number of carbonyl (C=O) groups excluding carboxylic acids is 1. The number of fused-ring (bicyclic) bond motifs is 4. The zero-order valence-electron chi connectivity index (χ0n) is 14.6. The first-order chi connectivity index (χ1) is 12.2. The first-order valence-electron chi connectivity index (χ1n) is 9.20. The minimum Gasteiger partial charge on any atom is -0.341 e. The van der Waals surface area contributed by atoms with Gasteiger partial charge in [-0.05, 0) is 65.8 Å². The molecule has 0 unspecified atom stereocenters. The first-order valence-corrected chi connectivity index (χ1v) is 9.20. The number of hydrogen-bond donors (Lipinski definition) is 1. The highest BCUT2D eigenvalue weighted by Gasteiger charge is 2.25. The molecule has 3 nitrogen and oxygen atoms in total. The predicted molar refractivity (Wildman–Crippen MR) is 101 cm³/mol. The molecule has 3 heteroatoms. The highest BCUT2D eigenvalue weighted by Crippen LogP contribution is 2.36. The second-order valence-electron chi connectivity index (χ2n) is 7.26. The largest absolute Gasteiger partial charge is 0.341 e. The topological polar surface area (TPSA) is 34.0 Å². The van der Waals surface area contributed by atoms with Gasteiger partial charge in [0.1, 0.15) is 0 Å². The molecule has 0 saturated carbocycles. The number of nitrogens with one attached hydrogen (secondary N) is 1. The molecule has 126 valence electrons. The Morgan fingerprint density at radius 2 is 1.96 bits per heavy atom. The summed E-state index contributed by atoms with van der Waals surface area (Å²) in [5.74, 6) is 0.296. The summed E-state index contributed by atoms with van der Waals surface area (Å²) in [4.78, 5) is 12.4. The van der Waals surface area contributed by atoms with Gasteiger partial charge in [-0.25, -0.2) is 0 Å². The SMILES string of the molecule is Cn1c2c(c3cc(-c4cccc5c4CCNC5)ccc31)CCCC2=O. The molecule has 5 rings (SSSR count). The molecule has 0 radical (unpaired) electrons. The second kappa shape index (κ2) is 5.57. The van der Waals surface area contributed by atoms with Crippen LogP contribution in [0.15, 0.2) is 36.4 Å². The normalized spacial score (nSPS) is 16.8. The summed E-state index contributed by atoms with van der Waals surface area (Å²) >= 11 is 0. The molecule has 0 atom stereocenters. The maximum absolute atomic E-state index is 12.4. The number of Topliss-reactive ketones (excluding diaryl/α,β-unsaturated/α-hetero) is 1. The van der Waals surface area contributed by atoms with E-state index in [1.807, 2.05) is 7.05 Å². The molecule has 25 heavy (non-hydrogen) atoms. The van der Waals surface area contributed by atoms with Crippen molar-refractivity contribution in [2.75, 3.05) is 6.54 Å². The molecule has 1 N–H and O–H groups in total. The van der Waals surface area contributed by atoms with Gasteiger partial charge in [0.15, 0.2) is 5.78 Å². The molecule has 0 bridgehead atoms. The fraction of sp³-hybridized carbons (Fsp3) is 0.318.